The molecule has 3 rings (SSSR count). The highest BCUT2D eigenvalue weighted by atomic mass is 32.1. The summed E-state index contributed by atoms with van der Waals surface area (Å²) in [5.41, 5.74) is 0. The summed E-state index contributed by atoms with van der Waals surface area (Å²) in [5, 5.41) is 6.99. The maximum absolute atomic E-state index is 4.35. The Labute approximate surface area is 88.7 Å². The summed E-state index contributed by atoms with van der Waals surface area (Å²) >= 11 is 1.76. The molecule has 0 amide bonds. The van der Waals surface area contributed by atoms with E-state index in [1.807, 2.05) is 6.20 Å². The number of hydrogen-bond acceptors (Lipinski definition) is 3. The maximum Gasteiger partial charge on any atom is 0.109 e. The zero-order valence-electron chi connectivity index (χ0n) is 8.44. The smallest absolute Gasteiger partial charge is 0.109 e. The fourth-order valence-corrected chi connectivity index (χ4v) is 3.53. The fraction of sp³-hybridized carbons (Fsp3) is 0.727. The van der Waals surface area contributed by atoms with E-state index in [0.29, 0.717) is 6.04 Å². The third-order valence-corrected chi connectivity index (χ3v) is 4.63. The largest absolute Gasteiger partial charge is 0.305 e. The highest BCUT2D eigenvalue weighted by Crippen LogP contribution is 2.52. The van der Waals surface area contributed by atoms with E-state index in [1.165, 1.54) is 24.3 Å². The van der Waals surface area contributed by atoms with Crippen LogP contribution in [0.2, 0.25) is 0 Å². The summed E-state index contributed by atoms with van der Waals surface area (Å²) < 4.78 is 0. The third kappa shape index (κ3) is 1.39. The zero-order chi connectivity index (χ0) is 9.54. The van der Waals surface area contributed by atoms with E-state index in [4.69, 9.17) is 0 Å². The summed E-state index contributed by atoms with van der Waals surface area (Å²) in [6.45, 7) is 2.23. The lowest BCUT2D eigenvalue weighted by molar-refractivity contribution is 0.498. The van der Waals surface area contributed by atoms with Gasteiger partial charge in [0.1, 0.15) is 5.01 Å². The van der Waals surface area contributed by atoms with Crippen LogP contribution < -0.4 is 5.32 Å². The number of fused-ring (bicyclic) bond motifs is 1. The topological polar surface area (TPSA) is 24.9 Å². The van der Waals surface area contributed by atoms with Crippen molar-refractivity contribution in [1.82, 2.24) is 10.3 Å². The molecule has 0 saturated heterocycles. The van der Waals surface area contributed by atoms with Crippen molar-refractivity contribution < 1.29 is 0 Å². The van der Waals surface area contributed by atoms with Crippen molar-refractivity contribution in [2.45, 2.75) is 38.3 Å². The van der Waals surface area contributed by atoms with Gasteiger partial charge in [-0.2, -0.15) is 0 Å². The van der Waals surface area contributed by atoms with E-state index >= 15 is 0 Å². The van der Waals surface area contributed by atoms with Crippen molar-refractivity contribution in [2.24, 2.45) is 11.8 Å². The molecule has 2 aliphatic carbocycles. The van der Waals surface area contributed by atoms with Crippen molar-refractivity contribution in [2.75, 3.05) is 0 Å². The van der Waals surface area contributed by atoms with Crippen molar-refractivity contribution >= 4 is 11.3 Å². The average Bonchev–Trinajstić information content (AvgIpc) is 2.75. The Morgan fingerprint density at radius 3 is 2.93 bits per heavy atom. The van der Waals surface area contributed by atoms with Crippen LogP contribution in [0.3, 0.4) is 0 Å². The predicted octanol–water partition coefficient (Wildman–Crippen LogP) is 2.59. The van der Waals surface area contributed by atoms with E-state index in [2.05, 4.69) is 22.6 Å². The first-order valence-electron chi connectivity index (χ1n) is 5.51. The molecule has 1 N–H and O–H groups in total. The Morgan fingerprint density at radius 1 is 1.50 bits per heavy atom. The summed E-state index contributed by atoms with van der Waals surface area (Å²) in [6.07, 6.45) is 6.25. The van der Waals surface area contributed by atoms with Crippen LogP contribution in [0.1, 0.15) is 37.2 Å². The molecule has 14 heavy (non-hydrogen) atoms. The summed E-state index contributed by atoms with van der Waals surface area (Å²) in [5.74, 6) is 2.00. The molecule has 1 aromatic rings. The first-order valence-corrected chi connectivity index (χ1v) is 6.39. The first kappa shape index (κ1) is 8.86. The van der Waals surface area contributed by atoms with Crippen LogP contribution in [0.5, 0.6) is 0 Å². The van der Waals surface area contributed by atoms with Crippen molar-refractivity contribution in [3.63, 3.8) is 0 Å². The van der Waals surface area contributed by atoms with Crippen molar-refractivity contribution in [1.29, 1.82) is 0 Å². The van der Waals surface area contributed by atoms with Gasteiger partial charge in [0.15, 0.2) is 0 Å². The van der Waals surface area contributed by atoms with Gasteiger partial charge in [0.25, 0.3) is 0 Å². The van der Waals surface area contributed by atoms with Crippen LogP contribution in [0.15, 0.2) is 11.6 Å². The molecular weight excluding hydrogens is 192 g/mol. The van der Waals surface area contributed by atoms with Gasteiger partial charge in [-0.1, -0.05) is 6.42 Å². The lowest BCUT2D eigenvalue weighted by Crippen LogP contribution is -2.24. The monoisotopic (exact) mass is 208 g/mol. The van der Waals surface area contributed by atoms with Gasteiger partial charge >= 0.3 is 0 Å². The molecular formula is C11H16N2S. The number of nitrogens with one attached hydrogen (secondary N) is 1. The van der Waals surface area contributed by atoms with Crippen LogP contribution in [0.25, 0.3) is 0 Å². The lowest BCUT2D eigenvalue weighted by Gasteiger charge is -2.12. The third-order valence-electron chi connectivity index (χ3n) is 3.67. The van der Waals surface area contributed by atoms with Gasteiger partial charge < -0.3 is 5.32 Å². The zero-order valence-corrected chi connectivity index (χ0v) is 9.26. The molecule has 0 aromatic carbocycles. The van der Waals surface area contributed by atoms with E-state index in [-0.39, 0.29) is 0 Å². The Kier molecular flexibility index (Phi) is 2.10. The molecule has 2 nitrogen and oxygen atoms in total. The molecule has 3 unspecified atom stereocenters. The van der Waals surface area contributed by atoms with Gasteiger partial charge in [-0.15, -0.1) is 11.3 Å². The Bertz CT molecular complexity index is 299. The minimum Gasteiger partial charge on any atom is -0.305 e. The molecule has 2 fully saturated rings. The lowest BCUT2D eigenvalue weighted by atomic mass is 10.2. The molecule has 0 bridgehead atoms. The second-order valence-electron chi connectivity index (χ2n) is 4.54. The molecule has 0 aliphatic heterocycles. The average molecular weight is 208 g/mol. The second-order valence-corrected chi connectivity index (χ2v) is 5.47. The van der Waals surface area contributed by atoms with Crippen LogP contribution in [-0.4, -0.2) is 11.0 Å². The second kappa shape index (κ2) is 3.31. The Balaban J connectivity index is 1.59. The molecule has 2 aliphatic rings. The Hall–Kier alpha value is -0.410. The Morgan fingerprint density at radius 2 is 2.29 bits per heavy atom. The normalized spacial score (nSPS) is 36.8. The number of nitrogens with zero attached hydrogens (tertiary/aromatic N) is 1. The van der Waals surface area contributed by atoms with E-state index in [1.54, 1.807) is 11.3 Å². The van der Waals surface area contributed by atoms with E-state index < -0.39 is 0 Å². The summed E-state index contributed by atoms with van der Waals surface area (Å²) in [7, 11) is 0. The summed E-state index contributed by atoms with van der Waals surface area (Å²) in [4.78, 5) is 4.35. The van der Waals surface area contributed by atoms with E-state index in [9.17, 15) is 0 Å². The van der Waals surface area contributed by atoms with Gasteiger partial charge in [0, 0.05) is 17.6 Å². The molecule has 0 spiro atoms. The van der Waals surface area contributed by atoms with Gasteiger partial charge in [0.2, 0.25) is 0 Å². The highest BCUT2D eigenvalue weighted by molar-refractivity contribution is 7.09. The van der Waals surface area contributed by atoms with Crippen LogP contribution >= 0.6 is 11.3 Å². The van der Waals surface area contributed by atoms with Crippen LogP contribution in [-0.2, 0) is 0 Å². The van der Waals surface area contributed by atoms with E-state index in [0.717, 1.165) is 17.9 Å². The van der Waals surface area contributed by atoms with Crippen molar-refractivity contribution in [3.05, 3.63) is 16.6 Å². The number of thiazole rings is 1. The van der Waals surface area contributed by atoms with Crippen molar-refractivity contribution in [3.8, 4) is 0 Å². The molecule has 1 heterocycles. The highest BCUT2D eigenvalue weighted by Gasteiger charge is 2.52. The molecule has 2 saturated carbocycles. The molecule has 3 atom stereocenters. The fourth-order valence-electron chi connectivity index (χ4n) is 2.88. The summed E-state index contributed by atoms with van der Waals surface area (Å²) in [6, 6.07) is 1.26. The quantitative estimate of drug-likeness (QED) is 0.826. The van der Waals surface area contributed by atoms with Crippen LogP contribution in [0.4, 0.5) is 0 Å². The minimum atomic E-state index is 0.450. The van der Waals surface area contributed by atoms with Gasteiger partial charge in [-0.3, -0.25) is 0 Å². The number of hydrogen-bond donors (Lipinski definition) is 1. The van der Waals surface area contributed by atoms with Crippen LogP contribution in [0, 0.1) is 11.8 Å². The maximum atomic E-state index is 4.35. The first-order chi connectivity index (χ1) is 6.86. The number of rotatable bonds is 3. The standard InChI is InChI=1S/C11H16N2S/c1-7(11-12-5-6-14-11)13-10-8-3-2-4-9(8)10/h5-10,13H,2-4H2,1H3. The van der Waals surface area contributed by atoms with Gasteiger partial charge in [-0.25, -0.2) is 4.98 Å². The molecule has 3 heteroatoms. The minimum absolute atomic E-state index is 0.450. The number of aromatic nitrogens is 1. The van der Waals surface area contributed by atoms with Gasteiger partial charge in [0.05, 0.1) is 6.04 Å². The molecule has 76 valence electrons. The van der Waals surface area contributed by atoms with Gasteiger partial charge in [-0.05, 0) is 31.6 Å². The molecule has 1 aromatic heterocycles. The molecule has 0 radical (unpaired) electrons. The SMILES string of the molecule is CC(NC1C2CCCC21)c1nccs1. The predicted molar refractivity (Wildman–Crippen MR) is 58.3 cm³/mol.